The van der Waals surface area contributed by atoms with Crippen LogP contribution in [0.3, 0.4) is 0 Å². The molecule has 1 heterocycles. The van der Waals surface area contributed by atoms with Gasteiger partial charge in [0.05, 0.1) is 0 Å². The second kappa shape index (κ2) is 6.80. The van der Waals surface area contributed by atoms with Gasteiger partial charge in [0.2, 0.25) is 5.88 Å². The molecule has 4 heteroatoms. The lowest BCUT2D eigenvalue weighted by Gasteiger charge is -2.06. The van der Waals surface area contributed by atoms with Crippen molar-refractivity contribution in [2.45, 2.75) is 13.3 Å². The molecule has 0 aromatic carbocycles. The third-order valence-corrected chi connectivity index (χ3v) is 1.84. The van der Waals surface area contributed by atoms with Crippen molar-refractivity contribution in [2.75, 3.05) is 19.7 Å². The van der Waals surface area contributed by atoms with E-state index in [1.165, 1.54) is 0 Å². The minimum atomic E-state index is 0.415. The number of nitrogens with one attached hydrogen (secondary N) is 1. The molecule has 0 atom stereocenters. The number of nitriles is 1. The third-order valence-electron chi connectivity index (χ3n) is 1.84. The van der Waals surface area contributed by atoms with Gasteiger partial charge in [-0.2, -0.15) is 5.26 Å². The van der Waals surface area contributed by atoms with Crippen molar-refractivity contribution >= 4 is 0 Å². The summed E-state index contributed by atoms with van der Waals surface area (Å²) in [7, 11) is 0. The van der Waals surface area contributed by atoms with Crippen LogP contribution >= 0.6 is 0 Å². The largest absolute Gasteiger partial charge is 0.475 e. The van der Waals surface area contributed by atoms with E-state index in [9.17, 15) is 0 Å². The fourth-order valence-corrected chi connectivity index (χ4v) is 1.11. The van der Waals surface area contributed by atoms with E-state index < -0.39 is 0 Å². The molecule has 0 radical (unpaired) electrons. The second-order valence-electron chi connectivity index (χ2n) is 3.07. The first-order valence-electron chi connectivity index (χ1n) is 5.07. The Hall–Kier alpha value is -1.60. The number of pyridine rings is 1. The second-order valence-corrected chi connectivity index (χ2v) is 3.07. The standard InChI is InChI=1S/C11H15N3O/c1-2-5-13-7-8-15-11-10(9-12)4-3-6-14-11/h3-4,6,13H,2,5,7-8H2,1H3. The number of aromatic nitrogens is 1. The quantitative estimate of drug-likeness (QED) is 0.712. The molecule has 1 rings (SSSR count). The molecule has 0 aliphatic rings. The molecule has 0 spiro atoms. The lowest BCUT2D eigenvalue weighted by Crippen LogP contribution is -2.22. The van der Waals surface area contributed by atoms with Crippen LogP contribution in [0.25, 0.3) is 0 Å². The van der Waals surface area contributed by atoms with Crippen LogP contribution in [0.5, 0.6) is 5.88 Å². The molecule has 15 heavy (non-hydrogen) atoms. The van der Waals surface area contributed by atoms with Crippen LogP contribution in [0.4, 0.5) is 0 Å². The van der Waals surface area contributed by atoms with Gasteiger partial charge < -0.3 is 10.1 Å². The van der Waals surface area contributed by atoms with Crippen molar-refractivity contribution in [1.29, 1.82) is 5.26 Å². The Morgan fingerprint density at radius 3 is 3.13 bits per heavy atom. The fourth-order valence-electron chi connectivity index (χ4n) is 1.11. The van der Waals surface area contributed by atoms with Gasteiger partial charge in [0.25, 0.3) is 0 Å². The van der Waals surface area contributed by atoms with Gasteiger partial charge in [-0.3, -0.25) is 0 Å². The highest BCUT2D eigenvalue weighted by molar-refractivity contribution is 5.36. The summed E-state index contributed by atoms with van der Waals surface area (Å²) in [6, 6.07) is 5.46. The summed E-state index contributed by atoms with van der Waals surface area (Å²) in [6.07, 6.45) is 2.72. The molecule has 1 N–H and O–H groups in total. The molecular formula is C11H15N3O. The predicted molar refractivity (Wildman–Crippen MR) is 57.6 cm³/mol. The Balaban J connectivity index is 2.34. The maximum absolute atomic E-state index is 8.77. The zero-order valence-electron chi connectivity index (χ0n) is 8.86. The number of hydrogen-bond donors (Lipinski definition) is 1. The normalized spacial score (nSPS) is 9.60. The van der Waals surface area contributed by atoms with E-state index >= 15 is 0 Å². The number of rotatable bonds is 6. The van der Waals surface area contributed by atoms with Gasteiger partial charge in [0.1, 0.15) is 18.2 Å². The molecule has 0 saturated heterocycles. The van der Waals surface area contributed by atoms with Gasteiger partial charge in [0, 0.05) is 12.7 Å². The summed E-state index contributed by atoms with van der Waals surface area (Å²) in [4.78, 5) is 3.99. The first kappa shape index (κ1) is 11.5. The summed E-state index contributed by atoms with van der Waals surface area (Å²) in [5.74, 6) is 0.415. The third kappa shape index (κ3) is 3.96. The van der Waals surface area contributed by atoms with Crippen molar-refractivity contribution in [2.24, 2.45) is 0 Å². The van der Waals surface area contributed by atoms with Gasteiger partial charge in [-0.1, -0.05) is 6.92 Å². The summed E-state index contributed by atoms with van der Waals surface area (Å²) >= 11 is 0. The Labute approximate surface area is 89.9 Å². The summed E-state index contributed by atoms with van der Waals surface area (Å²) < 4.78 is 5.38. The number of hydrogen-bond acceptors (Lipinski definition) is 4. The molecule has 0 bridgehead atoms. The molecule has 0 aliphatic heterocycles. The van der Waals surface area contributed by atoms with Crippen LogP contribution in [0, 0.1) is 11.3 Å². The van der Waals surface area contributed by atoms with E-state index in [2.05, 4.69) is 17.2 Å². The number of ether oxygens (including phenoxy) is 1. The minimum Gasteiger partial charge on any atom is -0.475 e. The lowest BCUT2D eigenvalue weighted by atomic mass is 10.3. The molecule has 4 nitrogen and oxygen atoms in total. The maximum atomic E-state index is 8.77. The Bertz CT molecular complexity index is 333. The summed E-state index contributed by atoms with van der Waals surface area (Å²) in [5, 5.41) is 12.0. The molecule has 0 fully saturated rings. The first-order chi connectivity index (χ1) is 7.38. The highest BCUT2D eigenvalue weighted by Crippen LogP contribution is 2.11. The van der Waals surface area contributed by atoms with Gasteiger partial charge in [-0.25, -0.2) is 4.98 Å². The predicted octanol–water partition coefficient (Wildman–Crippen LogP) is 1.33. The zero-order valence-corrected chi connectivity index (χ0v) is 8.86. The molecule has 0 unspecified atom stereocenters. The lowest BCUT2D eigenvalue weighted by molar-refractivity contribution is 0.302. The SMILES string of the molecule is CCCNCCOc1ncccc1C#N. The van der Waals surface area contributed by atoms with Gasteiger partial charge >= 0.3 is 0 Å². The van der Waals surface area contributed by atoms with Crippen LogP contribution in [-0.4, -0.2) is 24.7 Å². The van der Waals surface area contributed by atoms with E-state index in [4.69, 9.17) is 10.00 Å². The minimum absolute atomic E-state index is 0.415. The zero-order chi connectivity index (χ0) is 10.9. The average molecular weight is 205 g/mol. The van der Waals surface area contributed by atoms with E-state index in [0.29, 0.717) is 18.1 Å². The highest BCUT2D eigenvalue weighted by Gasteiger charge is 2.02. The average Bonchev–Trinajstić information content (AvgIpc) is 2.29. The first-order valence-corrected chi connectivity index (χ1v) is 5.07. The van der Waals surface area contributed by atoms with Crippen molar-refractivity contribution in [3.8, 4) is 11.9 Å². The van der Waals surface area contributed by atoms with Crippen LogP contribution in [0.15, 0.2) is 18.3 Å². The number of nitrogens with zero attached hydrogens (tertiary/aromatic N) is 2. The van der Waals surface area contributed by atoms with E-state index in [1.807, 2.05) is 6.07 Å². The van der Waals surface area contributed by atoms with Gasteiger partial charge in [0.15, 0.2) is 0 Å². The molecule has 80 valence electrons. The summed E-state index contributed by atoms with van der Waals surface area (Å²) in [6.45, 7) is 4.40. The van der Waals surface area contributed by atoms with Crippen LogP contribution in [0.1, 0.15) is 18.9 Å². The maximum Gasteiger partial charge on any atom is 0.231 e. The van der Waals surface area contributed by atoms with Gasteiger partial charge in [-0.05, 0) is 25.1 Å². The van der Waals surface area contributed by atoms with Crippen LogP contribution < -0.4 is 10.1 Å². The smallest absolute Gasteiger partial charge is 0.231 e. The molecular weight excluding hydrogens is 190 g/mol. The fraction of sp³-hybridized carbons (Fsp3) is 0.455. The highest BCUT2D eigenvalue weighted by atomic mass is 16.5. The van der Waals surface area contributed by atoms with Crippen molar-refractivity contribution in [3.63, 3.8) is 0 Å². The van der Waals surface area contributed by atoms with Crippen molar-refractivity contribution < 1.29 is 4.74 Å². The van der Waals surface area contributed by atoms with Gasteiger partial charge in [-0.15, -0.1) is 0 Å². The van der Waals surface area contributed by atoms with Crippen molar-refractivity contribution in [3.05, 3.63) is 23.9 Å². The van der Waals surface area contributed by atoms with E-state index in [1.54, 1.807) is 18.3 Å². The molecule has 0 saturated carbocycles. The van der Waals surface area contributed by atoms with Crippen molar-refractivity contribution in [1.82, 2.24) is 10.3 Å². The van der Waals surface area contributed by atoms with Crippen LogP contribution in [0.2, 0.25) is 0 Å². The van der Waals surface area contributed by atoms with E-state index in [-0.39, 0.29) is 0 Å². The Morgan fingerprint density at radius 1 is 1.53 bits per heavy atom. The molecule has 0 aliphatic carbocycles. The Kier molecular flexibility index (Phi) is 5.20. The Morgan fingerprint density at radius 2 is 2.40 bits per heavy atom. The van der Waals surface area contributed by atoms with E-state index in [0.717, 1.165) is 19.5 Å². The molecule has 0 amide bonds. The summed E-state index contributed by atoms with van der Waals surface area (Å²) in [5.41, 5.74) is 0.480. The molecule has 1 aromatic rings. The monoisotopic (exact) mass is 205 g/mol. The molecule has 1 aromatic heterocycles. The topological polar surface area (TPSA) is 57.9 Å². The van der Waals surface area contributed by atoms with Crippen LogP contribution in [-0.2, 0) is 0 Å².